The molecular weight excluding hydrogens is 196 g/mol. The average Bonchev–Trinajstić information content (AvgIpc) is 2.25. The molecule has 1 aromatic carbocycles. The Morgan fingerprint density at radius 2 is 1.73 bits per heavy atom. The van der Waals surface area contributed by atoms with Crippen LogP contribution < -0.4 is 14.2 Å². The van der Waals surface area contributed by atoms with Gasteiger partial charge in [0.15, 0.2) is 11.5 Å². The van der Waals surface area contributed by atoms with E-state index >= 15 is 0 Å². The zero-order valence-electron chi connectivity index (χ0n) is 9.19. The van der Waals surface area contributed by atoms with Gasteiger partial charge in [-0.1, -0.05) is 6.07 Å². The minimum absolute atomic E-state index is 0.205. The molecule has 0 fully saturated rings. The SMILES string of the molecule is COc1cccc(OC)c1OC[C@H](C)O. The van der Waals surface area contributed by atoms with Crippen molar-refractivity contribution in [2.75, 3.05) is 20.8 Å². The van der Waals surface area contributed by atoms with E-state index in [9.17, 15) is 0 Å². The number of aliphatic hydroxyl groups is 1. The van der Waals surface area contributed by atoms with Gasteiger partial charge in [-0.15, -0.1) is 0 Å². The topological polar surface area (TPSA) is 47.9 Å². The second-order valence-electron chi connectivity index (χ2n) is 3.15. The monoisotopic (exact) mass is 212 g/mol. The van der Waals surface area contributed by atoms with Crippen LogP contribution in [0.15, 0.2) is 18.2 Å². The van der Waals surface area contributed by atoms with Gasteiger partial charge in [0, 0.05) is 0 Å². The summed E-state index contributed by atoms with van der Waals surface area (Å²) in [6.45, 7) is 1.86. The summed E-state index contributed by atoms with van der Waals surface area (Å²) in [7, 11) is 3.12. The maximum atomic E-state index is 9.13. The number of rotatable bonds is 5. The van der Waals surface area contributed by atoms with Crippen LogP contribution in [0.25, 0.3) is 0 Å². The lowest BCUT2D eigenvalue weighted by Crippen LogP contribution is -2.13. The Labute approximate surface area is 89.4 Å². The fourth-order valence-electron chi connectivity index (χ4n) is 1.16. The van der Waals surface area contributed by atoms with Crippen LogP contribution >= 0.6 is 0 Å². The van der Waals surface area contributed by atoms with Gasteiger partial charge in [0.2, 0.25) is 5.75 Å². The number of aliphatic hydroxyl groups excluding tert-OH is 1. The van der Waals surface area contributed by atoms with Crippen molar-refractivity contribution >= 4 is 0 Å². The van der Waals surface area contributed by atoms with E-state index in [0.29, 0.717) is 17.2 Å². The third-order valence-corrected chi connectivity index (χ3v) is 1.85. The van der Waals surface area contributed by atoms with E-state index in [1.165, 1.54) is 0 Å². The Morgan fingerprint density at radius 3 is 2.13 bits per heavy atom. The number of hydrogen-bond donors (Lipinski definition) is 1. The molecule has 0 heterocycles. The number of benzene rings is 1. The van der Waals surface area contributed by atoms with Crippen molar-refractivity contribution in [3.63, 3.8) is 0 Å². The summed E-state index contributed by atoms with van der Waals surface area (Å²) in [6, 6.07) is 5.37. The zero-order chi connectivity index (χ0) is 11.3. The van der Waals surface area contributed by atoms with Crippen molar-refractivity contribution in [3.8, 4) is 17.2 Å². The summed E-state index contributed by atoms with van der Waals surface area (Å²) >= 11 is 0. The molecule has 1 rings (SSSR count). The van der Waals surface area contributed by atoms with E-state index in [1.807, 2.05) is 6.07 Å². The first kappa shape index (κ1) is 11.7. The Hall–Kier alpha value is -1.42. The van der Waals surface area contributed by atoms with Crippen LogP contribution in [0.4, 0.5) is 0 Å². The first-order valence-corrected chi connectivity index (χ1v) is 4.71. The molecule has 0 unspecified atom stereocenters. The van der Waals surface area contributed by atoms with Gasteiger partial charge in [0.25, 0.3) is 0 Å². The second-order valence-corrected chi connectivity index (χ2v) is 3.15. The molecule has 0 saturated carbocycles. The van der Waals surface area contributed by atoms with Crippen LogP contribution in [0.5, 0.6) is 17.2 Å². The average molecular weight is 212 g/mol. The fraction of sp³-hybridized carbons (Fsp3) is 0.455. The normalized spacial score (nSPS) is 12.0. The molecule has 0 radical (unpaired) electrons. The third kappa shape index (κ3) is 3.02. The molecule has 0 spiro atoms. The van der Waals surface area contributed by atoms with Crippen LogP contribution in [0.3, 0.4) is 0 Å². The highest BCUT2D eigenvalue weighted by atomic mass is 16.5. The molecule has 15 heavy (non-hydrogen) atoms. The Kier molecular flexibility index (Phi) is 4.24. The molecule has 0 aliphatic rings. The fourth-order valence-corrected chi connectivity index (χ4v) is 1.16. The number of hydrogen-bond acceptors (Lipinski definition) is 4. The predicted molar refractivity (Wildman–Crippen MR) is 56.7 cm³/mol. The van der Waals surface area contributed by atoms with Gasteiger partial charge in [-0.25, -0.2) is 0 Å². The second kappa shape index (κ2) is 5.46. The van der Waals surface area contributed by atoms with E-state index in [1.54, 1.807) is 33.3 Å². The highest BCUT2D eigenvalue weighted by Gasteiger charge is 2.11. The van der Waals surface area contributed by atoms with Crippen LogP contribution in [0.2, 0.25) is 0 Å². The minimum Gasteiger partial charge on any atom is -0.493 e. The minimum atomic E-state index is -0.528. The van der Waals surface area contributed by atoms with Crippen molar-refractivity contribution < 1.29 is 19.3 Å². The molecule has 84 valence electrons. The Balaban J connectivity index is 2.89. The molecule has 4 heteroatoms. The molecule has 4 nitrogen and oxygen atoms in total. The Bertz CT molecular complexity index is 287. The highest BCUT2D eigenvalue weighted by molar-refractivity contribution is 5.51. The van der Waals surface area contributed by atoms with E-state index in [-0.39, 0.29) is 6.61 Å². The number of methoxy groups -OCH3 is 2. The predicted octanol–water partition coefficient (Wildman–Crippen LogP) is 1.46. The molecule has 0 amide bonds. The lowest BCUT2D eigenvalue weighted by Gasteiger charge is -2.14. The van der Waals surface area contributed by atoms with Gasteiger partial charge in [0.05, 0.1) is 20.3 Å². The molecule has 1 atom stereocenters. The van der Waals surface area contributed by atoms with Crippen LogP contribution in [0, 0.1) is 0 Å². The summed E-state index contributed by atoms with van der Waals surface area (Å²) in [4.78, 5) is 0. The summed E-state index contributed by atoms with van der Waals surface area (Å²) in [6.07, 6.45) is -0.528. The molecule has 0 bridgehead atoms. The maximum Gasteiger partial charge on any atom is 0.203 e. The molecule has 0 aliphatic heterocycles. The summed E-state index contributed by atoms with van der Waals surface area (Å²) < 4.78 is 15.7. The number of para-hydroxylation sites is 1. The van der Waals surface area contributed by atoms with E-state index in [2.05, 4.69) is 0 Å². The summed E-state index contributed by atoms with van der Waals surface area (Å²) in [5, 5.41) is 9.13. The molecule has 0 aliphatic carbocycles. The first-order valence-electron chi connectivity index (χ1n) is 4.71. The first-order chi connectivity index (χ1) is 7.19. The van der Waals surface area contributed by atoms with Gasteiger partial charge in [-0.2, -0.15) is 0 Å². The largest absolute Gasteiger partial charge is 0.493 e. The zero-order valence-corrected chi connectivity index (χ0v) is 9.19. The van der Waals surface area contributed by atoms with Crippen LogP contribution in [-0.2, 0) is 0 Å². The molecule has 0 aromatic heterocycles. The molecular formula is C11H16O4. The van der Waals surface area contributed by atoms with E-state index < -0.39 is 6.10 Å². The summed E-state index contributed by atoms with van der Waals surface area (Å²) in [5.41, 5.74) is 0. The standard InChI is InChI=1S/C11H16O4/c1-8(12)7-15-11-9(13-2)5-4-6-10(11)14-3/h4-6,8,12H,7H2,1-3H3/t8-/m0/s1. The lowest BCUT2D eigenvalue weighted by molar-refractivity contribution is 0.118. The van der Waals surface area contributed by atoms with Gasteiger partial charge in [-0.3, -0.25) is 0 Å². The van der Waals surface area contributed by atoms with Gasteiger partial charge in [0.1, 0.15) is 6.61 Å². The quantitative estimate of drug-likeness (QED) is 0.802. The van der Waals surface area contributed by atoms with Gasteiger partial charge < -0.3 is 19.3 Å². The Morgan fingerprint density at radius 1 is 1.20 bits per heavy atom. The van der Waals surface area contributed by atoms with Gasteiger partial charge in [-0.05, 0) is 19.1 Å². The van der Waals surface area contributed by atoms with E-state index in [4.69, 9.17) is 19.3 Å². The highest BCUT2D eigenvalue weighted by Crippen LogP contribution is 2.36. The van der Waals surface area contributed by atoms with Crippen molar-refractivity contribution in [2.45, 2.75) is 13.0 Å². The van der Waals surface area contributed by atoms with E-state index in [0.717, 1.165) is 0 Å². The third-order valence-electron chi connectivity index (χ3n) is 1.85. The lowest BCUT2D eigenvalue weighted by atomic mass is 10.3. The molecule has 0 saturated heterocycles. The van der Waals surface area contributed by atoms with Crippen molar-refractivity contribution in [1.29, 1.82) is 0 Å². The molecule has 1 N–H and O–H groups in total. The summed E-state index contributed by atoms with van der Waals surface area (Å²) in [5.74, 6) is 1.70. The molecule has 1 aromatic rings. The smallest absolute Gasteiger partial charge is 0.203 e. The van der Waals surface area contributed by atoms with Crippen LogP contribution in [0.1, 0.15) is 6.92 Å². The van der Waals surface area contributed by atoms with Crippen molar-refractivity contribution in [1.82, 2.24) is 0 Å². The van der Waals surface area contributed by atoms with Gasteiger partial charge >= 0.3 is 0 Å². The van der Waals surface area contributed by atoms with Crippen molar-refractivity contribution in [2.24, 2.45) is 0 Å². The van der Waals surface area contributed by atoms with Crippen molar-refractivity contribution in [3.05, 3.63) is 18.2 Å². The van der Waals surface area contributed by atoms with Crippen LogP contribution in [-0.4, -0.2) is 32.0 Å². The number of ether oxygens (including phenoxy) is 3. The maximum absolute atomic E-state index is 9.13.